The molecule has 1 aromatic heterocycles. The van der Waals surface area contributed by atoms with Crippen molar-refractivity contribution < 1.29 is 19.0 Å². The number of carbonyl (C=O) groups is 1. The summed E-state index contributed by atoms with van der Waals surface area (Å²) in [6, 6.07) is 13.6. The zero-order chi connectivity index (χ0) is 18.8. The van der Waals surface area contributed by atoms with Gasteiger partial charge in [-0.3, -0.25) is 4.79 Å². The van der Waals surface area contributed by atoms with Crippen LogP contribution in [0.2, 0.25) is 0 Å². The van der Waals surface area contributed by atoms with Crippen molar-refractivity contribution in [1.29, 1.82) is 0 Å². The molecule has 0 fully saturated rings. The van der Waals surface area contributed by atoms with Crippen LogP contribution < -0.4 is 19.5 Å². The summed E-state index contributed by atoms with van der Waals surface area (Å²) in [6.45, 7) is 0.817. The predicted octanol–water partition coefficient (Wildman–Crippen LogP) is 3.05. The highest BCUT2D eigenvalue weighted by atomic mass is 16.5. The van der Waals surface area contributed by atoms with Crippen molar-refractivity contribution in [2.24, 2.45) is 5.92 Å². The predicted molar refractivity (Wildman–Crippen MR) is 102 cm³/mol. The van der Waals surface area contributed by atoms with E-state index in [2.05, 4.69) is 10.3 Å². The fourth-order valence-corrected chi connectivity index (χ4v) is 3.37. The smallest absolute Gasteiger partial charge is 0.227 e. The number of aromatic nitrogens is 1. The first kappa shape index (κ1) is 17.3. The summed E-state index contributed by atoms with van der Waals surface area (Å²) in [7, 11) is 3.27. The maximum Gasteiger partial charge on any atom is 0.227 e. The van der Waals surface area contributed by atoms with Crippen molar-refractivity contribution in [3.63, 3.8) is 0 Å². The van der Waals surface area contributed by atoms with Gasteiger partial charge < -0.3 is 24.5 Å². The Morgan fingerprint density at radius 2 is 1.93 bits per heavy atom. The van der Waals surface area contributed by atoms with Crippen LogP contribution in [0.1, 0.15) is 11.3 Å². The van der Waals surface area contributed by atoms with Crippen LogP contribution in [0.5, 0.6) is 17.2 Å². The van der Waals surface area contributed by atoms with E-state index in [1.807, 2.05) is 42.5 Å². The van der Waals surface area contributed by atoms with Gasteiger partial charge in [0, 0.05) is 22.7 Å². The molecule has 1 aliphatic rings. The van der Waals surface area contributed by atoms with Gasteiger partial charge in [-0.2, -0.15) is 0 Å². The Hall–Kier alpha value is -3.15. The summed E-state index contributed by atoms with van der Waals surface area (Å²) in [5.41, 5.74) is 3.00. The summed E-state index contributed by atoms with van der Waals surface area (Å²) < 4.78 is 16.2. The summed E-state index contributed by atoms with van der Waals surface area (Å²) in [6.07, 6.45) is 0.662. The first-order valence-electron chi connectivity index (χ1n) is 8.89. The van der Waals surface area contributed by atoms with Crippen molar-refractivity contribution in [3.8, 4) is 17.2 Å². The van der Waals surface area contributed by atoms with E-state index in [-0.39, 0.29) is 11.8 Å². The molecule has 2 N–H and O–H groups in total. The summed E-state index contributed by atoms with van der Waals surface area (Å²) >= 11 is 0. The van der Waals surface area contributed by atoms with Gasteiger partial charge in [0.15, 0.2) is 0 Å². The molecule has 1 atom stereocenters. The Morgan fingerprint density at radius 3 is 2.74 bits per heavy atom. The van der Waals surface area contributed by atoms with Crippen LogP contribution in [0.4, 0.5) is 0 Å². The number of carbonyl (C=O) groups excluding carboxylic acids is 1. The van der Waals surface area contributed by atoms with Gasteiger partial charge >= 0.3 is 0 Å². The van der Waals surface area contributed by atoms with E-state index in [9.17, 15) is 4.79 Å². The molecule has 0 radical (unpaired) electrons. The molecule has 0 spiro atoms. The lowest BCUT2D eigenvalue weighted by Crippen LogP contribution is -2.37. The molecule has 2 heterocycles. The topological polar surface area (TPSA) is 72.6 Å². The second kappa shape index (κ2) is 7.23. The molecular weight excluding hydrogens is 344 g/mol. The summed E-state index contributed by atoms with van der Waals surface area (Å²) in [5.74, 6) is 2.16. The zero-order valence-corrected chi connectivity index (χ0v) is 15.4. The first-order chi connectivity index (χ1) is 13.2. The molecular formula is C21H22N2O4. The number of aromatic amines is 1. The van der Waals surface area contributed by atoms with Crippen molar-refractivity contribution in [1.82, 2.24) is 10.3 Å². The number of fused-ring (bicyclic) bond motifs is 2. The van der Waals surface area contributed by atoms with Gasteiger partial charge in [0.05, 0.1) is 26.7 Å². The Kier molecular flexibility index (Phi) is 4.62. The average molecular weight is 366 g/mol. The molecule has 0 bridgehead atoms. The number of H-pyrrole nitrogens is 1. The van der Waals surface area contributed by atoms with Crippen LogP contribution in [0, 0.1) is 5.92 Å². The van der Waals surface area contributed by atoms with Gasteiger partial charge in [-0.15, -0.1) is 0 Å². The summed E-state index contributed by atoms with van der Waals surface area (Å²) in [4.78, 5) is 15.9. The lowest BCUT2D eigenvalue weighted by Gasteiger charge is -2.24. The van der Waals surface area contributed by atoms with E-state index in [0.717, 1.165) is 39.4 Å². The molecule has 1 amide bonds. The molecule has 4 rings (SSSR count). The number of rotatable bonds is 5. The molecule has 1 aliphatic heterocycles. The lowest BCUT2D eigenvalue weighted by molar-refractivity contribution is -0.126. The van der Waals surface area contributed by atoms with E-state index >= 15 is 0 Å². The molecule has 6 heteroatoms. The molecule has 140 valence electrons. The SMILES string of the molecule is COc1ccc2c(c1)OC[C@H](C(=O)NCc1cc3cc(OC)ccc3[nH]1)C2. The number of amides is 1. The van der Waals surface area contributed by atoms with Crippen LogP contribution in [0.15, 0.2) is 42.5 Å². The van der Waals surface area contributed by atoms with E-state index < -0.39 is 0 Å². The van der Waals surface area contributed by atoms with Gasteiger partial charge in [-0.1, -0.05) is 6.07 Å². The Morgan fingerprint density at radius 1 is 1.15 bits per heavy atom. The lowest BCUT2D eigenvalue weighted by atomic mass is 9.96. The monoisotopic (exact) mass is 366 g/mol. The second-order valence-corrected chi connectivity index (χ2v) is 6.65. The van der Waals surface area contributed by atoms with Crippen LogP contribution in [0.25, 0.3) is 10.9 Å². The number of benzene rings is 2. The Labute approximate surface area is 157 Å². The third kappa shape index (κ3) is 3.56. The first-order valence-corrected chi connectivity index (χ1v) is 8.89. The largest absolute Gasteiger partial charge is 0.497 e. The van der Waals surface area contributed by atoms with Crippen LogP contribution in [-0.4, -0.2) is 31.7 Å². The normalized spacial score (nSPS) is 15.7. The van der Waals surface area contributed by atoms with Crippen LogP contribution >= 0.6 is 0 Å². The Bertz CT molecular complexity index is 979. The average Bonchev–Trinajstić information content (AvgIpc) is 3.13. The zero-order valence-electron chi connectivity index (χ0n) is 15.4. The van der Waals surface area contributed by atoms with Crippen LogP contribution in [-0.2, 0) is 17.8 Å². The van der Waals surface area contributed by atoms with Crippen molar-refractivity contribution in [2.75, 3.05) is 20.8 Å². The molecule has 0 saturated carbocycles. The van der Waals surface area contributed by atoms with Gasteiger partial charge in [0.25, 0.3) is 0 Å². The van der Waals surface area contributed by atoms with Crippen LogP contribution in [0.3, 0.4) is 0 Å². The second-order valence-electron chi connectivity index (χ2n) is 6.65. The van der Waals surface area contributed by atoms with E-state index in [1.165, 1.54) is 0 Å². The van der Waals surface area contributed by atoms with Crippen molar-refractivity contribution in [3.05, 3.63) is 53.7 Å². The summed E-state index contributed by atoms with van der Waals surface area (Å²) in [5, 5.41) is 4.06. The highest BCUT2D eigenvalue weighted by Gasteiger charge is 2.26. The number of methoxy groups -OCH3 is 2. The van der Waals surface area contributed by atoms with Crippen molar-refractivity contribution >= 4 is 16.8 Å². The minimum Gasteiger partial charge on any atom is -0.497 e. The van der Waals surface area contributed by atoms with E-state index in [4.69, 9.17) is 14.2 Å². The van der Waals surface area contributed by atoms with Gasteiger partial charge in [-0.25, -0.2) is 0 Å². The molecule has 0 saturated heterocycles. The van der Waals surface area contributed by atoms with Gasteiger partial charge in [0.1, 0.15) is 23.9 Å². The molecule has 2 aromatic carbocycles. The molecule has 3 aromatic rings. The third-order valence-corrected chi connectivity index (χ3v) is 4.89. The van der Waals surface area contributed by atoms with E-state index in [0.29, 0.717) is 19.6 Å². The molecule has 27 heavy (non-hydrogen) atoms. The maximum absolute atomic E-state index is 12.6. The van der Waals surface area contributed by atoms with Crippen molar-refractivity contribution in [2.45, 2.75) is 13.0 Å². The standard InChI is InChI=1S/C21H22N2O4/c1-25-17-5-6-19-14(9-17)8-16(23-19)11-22-21(24)15-7-13-3-4-18(26-2)10-20(13)27-12-15/h3-6,8-10,15,23H,7,11-12H2,1-2H3,(H,22,24)/t15-/m1/s1. The van der Waals surface area contributed by atoms with Gasteiger partial charge in [0.2, 0.25) is 5.91 Å². The maximum atomic E-state index is 12.6. The molecule has 0 unspecified atom stereocenters. The quantitative estimate of drug-likeness (QED) is 0.728. The number of nitrogens with one attached hydrogen (secondary N) is 2. The Balaban J connectivity index is 1.39. The van der Waals surface area contributed by atoms with Gasteiger partial charge in [-0.05, 0) is 42.3 Å². The third-order valence-electron chi connectivity index (χ3n) is 4.89. The highest BCUT2D eigenvalue weighted by molar-refractivity contribution is 5.83. The molecule has 0 aliphatic carbocycles. The minimum atomic E-state index is -0.199. The molecule has 6 nitrogen and oxygen atoms in total. The number of ether oxygens (including phenoxy) is 3. The minimum absolute atomic E-state index is 0.00675. The number of hydrogen-bond acceptors (Lipinski definition) is 4. The number of hydrogen-bond donors (Lipinski definition) is 2. The van der Waals surface area contributed by atoms with E-state index in [1.54, 1.807) is 14.2 Å². The fourth-order valence-electron chi connectivity index (χ4n) is 3.37. The fraction of sp³-hybridized carbons (Fsp3) is 0.286. The highest BCUT2D eigenvalue weighted by Crippen LogP contribution is 2.31.